The molecule has 0 aliphatic heterocycles. The van der Waals surface area contributed by atoms with Crippen molar-refractivity contribution in [3.05, 3.63) is 28.8 Å². The minimum absolute atomic E-state index is 0.296. The number of halogens is 1. The molecule has 0 fully saturated rings. The van der Waals surface area contributed by atoms with Gasteiger partial charge in [-0.2, -0.15) is 0 Å². The number of benzene rings is 1. The Morgan fingerprint density at radius 2 is 2.25 bits per heavy atom. The molecule has 0 N–H and O–H groups in total. The Balaban J connectivity index is 3.27. The fourth-order valence-corrected chi connectivity index (χ4v) is 2.05. The van der Waals surface area contributed by atoms with Crippen molar-refractivity contribution in [2.24, 2.45) is 0 Å². The van der Waals surface area contributed by atoms with Crippen molar-refractivity contribution < 1.29 is 8.76 Å². The van der Waals surface area contributed by atoms with Crippen LogP contribution < -0.4 is 0 Å². The average Bonchev–Trinajstić information content (AvgIpc) is 2.03. The highest BCUT2D eigenvalue weighted by Crippen LogP contribution is 2.22. The second kappa shape index (κ2) is 4.03. The molecule has 1 aromatic rings. The van der Waals surface area contributed by atoms with E-state index in [0.717, 1.165) is 0 Å². The zero-order valence-electron chi connectivity index (χ0n) is 6.54. The molecule has 0 aliphatic rings. The van der Waals surface area contributed by atoms with Crippen molar-refractivity contribution in [1.29, 1.82) is 0 Å². The smallest absolute Gasteiger partial charge is 0.0449 e. The maximum absolute atomic E-state index is 10.7. The van der Waals surface area contributed by atoms with Gasteiger partial charge in [-0.1, -0.05) is 24.6 Å². The predicted molar refractivity (Wildman–Crippen MR) is 48.0 cm³/mol. The Kier molecular flexibility index (Phi) is 3.26. The summed E-state index contributed by atoms with van der Waals surface area (Å²) in [5.41, 5.74) is 0.688. The maximum atomic E-state index is 10.7. The highest BCUT2D eigenvalue weighted by atomic mass is 35.5. The van der Waals surface area contributed by atoms with Gasteiger partial charge in [-0.15, -0.1) is 0 Å². The van der Waals surface area contributed by atoms with Crippen molar-refractivity contribution in [2.45, 2.75) is 18.2 Å². The summed E-state index contributed by atoms with van der Waals surface area (Å²) in [6.45, 7) is 1.87. The maximum Gasteiger partial charge on any atom is 0.0449 e. The summed E-state index contributed by atoms with van der Waals surface area (Å²) in [7, 11) is 0. The van der Waals surface area contributed by atoms with Crippen LogP contribution in [0.3, 0.4) is 0 Å². The molecule has 1 rings (SSSR count). The largest absolute Gasteiger partial charge is 0.768 e. The highest BCUT2D eigenvalue weighted by molar-refractivity contribution is 7.79. The van der Waals surface area contributed by atoms with Crippen LogP contribution in [-0.4, -0.2) is 8.76 Å². The van der Waals surface area contributed by atoms with Crippen LogP contribution in [0, 0.1) is 0 Å². The Labute approximate surface area is 78.8 Å². The van der Waals surface area contributed by atoms with E-state index < -0.39 is 11.1 Å². The quantitative estimate of drug-likeness (QED) is 0.691. The molecule has 1 unspecified atom stereocenters. The molecular formula is C8H8ClO2S-. The van der Waals surface area contributed by atoms with Crippen LogP contribution in [0.5, 0.6) is 0 Å². The van der Waals surface area contributed by atoms with Crippen LogP contribution >= 0.6 is 11.6 Å². The van der Waals surface area contributed by atoms with Crippen LogP contribution in [0.4, 0.5) is 0 Å². The Morgan fingerprint density at radius 3 is 2.67 bits per heavy atom. The SMILES string of the molecule is CCc1c(Cl)cccc1S(=O)[O-]. The van der Waals surface area contributed by atoms with Crippen molar-refractivity contribution >= 4 is 22.7 Å². The van der Waals surface area contributed by atoms with Crippen molar-refractivity contribution in [3.63, 3.8) is 0 Å². The van der Waals surface area contributed by atoms with Crippen molar-refractivity contribution in [3.8, 4) is 0 Å². The molecule has 1 aromatic carbocycles. The first-order valence-electron chi connectivity index (χ1n) is 3.53. The molecule has 0 saturated heterocycles. The van der Waals surface area contributed by atoms with E-state index in [2.05, 4.69) is 0 Å². The van der Waals surface area contributed by atoms with Crippen LogP contribution in [0.1, 0.15) is 12.5 Å². The highest BCUT2D eigenvalue weighted by Gasteiger charge is 2.04. The van der Waals surface area contributed by atoms with Gasteiger partial charge in [0.25, 0.3) is 0 Å². The summed E-state index contributed by atoms with van der Waals surface area (Å²) < 4.78 is 21.3. The number of rotatable bonds is 2. The zero-order valence-corrected chi connectivity index (χ0v) is 8.11. The first-order chi connectivity index (χ1) is 5.66. The topological polar surface area (TPSA) is 40.1 Å². The van der Waals surface area contributed by atoms with Crippen LogP contribution in [-0.2, 0) is 17.5 Å². The van der Waals surface area contributed by atoms with E-state index in [9.17, 15) is 8.76 Å². The minimum atomic E-state index is -2.19. The molecule has 0 aliphatic carbocycles. The van der Waals surface area contributed by atoms with E-state index in [4.69, 9.17) is 11.6 Å². The van der Waals surface area contributed by atoms with E-state index in [1.165, 1.54) is 0 Å². The summed E-state index contributed by atoms with van der Waals surface area (Å²) in [6, 6.07) is 4.87. The molecule has 2 nitrogen and oxygen atoms in total. The molecule has 12 heavy (non-hydrogen) atoms. The molecule has 0 saturated carbocycles. The monoisotopic (exact) mass is 203 g/mol. The second-order valence-corrected chi connectivity index (χ2v) is 3.62. The summed E-state index contributed by atoms with van der Waals surface area (Å²) in [6.07, 6.45) is 0.628. The van der Waals surface area contributed by atoms with Gasteiger partial charge in [-0.25, -0.2) is 0 Å². The minimum Gasteiger partial charge on any atom is -0.768 e. The summed E-state index contributed by atoms with van der Waals surface area (Å²) in [5.74, 6) is 0. The second-order valence-electron chi connectivity index (χ2n) is 2.30. The third-order valence-electron chi connectivity index (χ3n) is 1.61. The standard InChI is InChI=1S/C8H9ClO2S/c1-2-6-7(9)4-3-5-8(6)12(10)11/h3-5H,2H2,1H3,(H,10,11)/p-1. The van der Waals surface area contributed by atoms with Crippen molar-refractivity contribution in [2.75, 3.05) is 0 Å². The van der Waals surface area contributed by atoms with Gasteiger partial charge >= 0.3 is 0 Å². The third-order valence-corrected chi connectivity index (χ3v) is 2.70. The first-order valence-corrected chi connectivity index (χ1v) is 4.98. The number of hydrogen-bond acceptors (Lipinski definition) is 2. The lowest BCUT2D eigenvalue weighted by Crippen LogP contribution is -1.95. The van der Waals surface area contributed by atoms with E-state index >= 15 is 0 Å². The van der Waals surface area contributed by atoms with Gasteiger partial charge in [0.15, 0.2) is 0 Å². The fraction of sp³-hybridized carbons (Fsp3) is 0.250. The lowest BCUT2D eigenvalue weighted by molar-refractivity contribution is 0.536. The normalized spacial score (nSPS) is 12.9. The van der Waals surface area contributed by atoms with E-state index in [-0.39, 0.29) is 0 Å². The molecule has 1 atom stereocenters. The lowest BCUT2D eigenvalue weighted by atomic mass is 10.2. The van der Waals surface area contributed by atoms with Crippen molar-refractivity contribution in [1.82, 2.24) is 0 Å². The van der Waals surface area contributed by atoms with Gasteiger partial charge in [-0.05, 0) is 35.2 Å². The molecule has 0 aromatic heterocycles. The lowest BCUT2D eigenvalue weighted by Gasteiger charge is -2.11. The van der Waals surface area contributed by atoms with Crippen LogP contribution in [0.15, 0.2) is 23.1 Å². The zero-order chi connectivity index (χ0) is 9.14. The summed E-state index contributed by atoms with van der Waals surface area (Å²) in [5, 5.41) is 0.513. The van der Waals surface area contributed by atoms with E-state index in [1.807, 2.05) is 6.92 Å². The summed E-state index contributed by atoms with van der Waals surface area (Å²) in [4.78, 5) is 0.296. The molecular weight excluding hydrogens is 196 g/mol. The van der Waals surface area contributed by atoms with E-state index in [1.54, 1.807) is 18.2 Å². The first kappa shape index (κ1) is 9.71. The van der Waals surface area contributed by atoms with Gasteiger partial charge in [0.1, 0.15) is 0 Å². The van der Waals surface area contributed by atoms with Gasteiger partial charge in [0.05, 0.1) is 0 Å². The van der Waals surface area contributed by atoms with Crippen LogP contribution in [0.25, 0.3) is 0 Å². The van der Waals surface area contributed by atoms with Gasteiger partial charge in [-0.3, -0.25) is 4.21 Å². The molecule has 0 radical (unpaired) electrons. The fourth-order valence-electron chi connectivity index (χ4n) is 1.04. The Hall–Kier alpha value is -0.380. The summed E-state index contributed by atoms with van der Waals surface area (Å²) >= 11 is 3.62. The van der Waals surface area contributed by atoms with Gasteiger partial charge < -0.3 is 4.55 Å². The van der Waals surface area contributed by atoms with Gasteiger partial charge in [0, 0.05) is 9.92 Å². The molecule has 66 valence electrons. The average molecular weight is 204 g/mol. The third kappa shape index (κ3) is 1.86. The number of hydrogen-bond donors (Lipinski definition) is 0. The van der Waals surface area contributed by atoms with Crippen LogP contribution in [0.2, 0.25) is 5.02 Å². The predicted octanol–water partition coefficient (Wildman–Crippen LogP) is 2.14. The molecule has 0 spiro atoms. The molecule has 4 heteroatoms. The molecule has 0 heterocycles. The molecule has 0 bridgehead atoms. The van der Waals surface area contributed by atoms with E-state index in [0.29, 0.717) is 21.9 Å². The molecule has 0 amide bonds. The Bertz CT molecular complexity index is 312. The van der Waals surface area contributed by atoms with Gasteiger partial charge in [0.2, 0.25) is 0 Å². The Morgan fingerprint density at radius 1 is 1.58 bits per heavy atom.